The number of carbonyl (C=O) groups excluding carboxylic acids is 1. The number of amides is 1. The quantitative estimate of drug-likeness (QED) is 0.790. The SMILES string of the molecule is CCCNS(=O)(=O)c1cccc(C=CCNC(=O)C(F)(F)F)c1. The molecule has 2 N–H and O–H groups in total. The van der Waals surface area contributed by atoms with Gasteiger partial charge in [-0.05, 0) is 24.1 Å². The third-order valence-electron chi connectivity index (χ3n) is 2.66. The highest BCUT2D eigenvalue weighted by atomic mass is 32.2. The molecule has 0 unspecified atom stereocenters. The van der Waals surface area contributed by atoms with Gasteiger partial charge in [-0.1, -0.05) is 31.2 Å². The van der Waals surface area contributed by atoms with Crippen molar-refractivity contribution < 1.29 is 26.4 Å². The second kappa shape index (κ2) is 8.11. The van der Waals surface area contributed by atoms with E-state index in [1.807, 2.05) is 6.92 Å². The number of carbonyl (C=O) groups is 1. The lowest BCUT2D eigenvalue weighted by Gasteiger charge is -2.06. The molecule has 0 heterocycles. The normalized spacial score (nSPS) is 12.5. The minimum absolute atomic E-state index is 0.0624. The molecule has 0 saturated carbocycles. The maximum Gasteiger partial charge on any atom is 0.471 e. The fourth-order valence-electron chi connectivity index (χ4n) is 1.55. The fourth-order valence-corrected chi connectivity index (χ4v) is 2.74. The minimum atomic E-state index is -4.92. The lowest BCUT2D eigenvalue weighted by Crippen LogP contribution is -2.36. The van der Waals surface area contributed by atoms with Crippen LogP contribution >= 0.6 is 0 Å². The Morgan fingerprint density at radius 2 is 2.00 bits per heavy atom. The zero-order valence-electron chi connectivity index (χ0n) is 12.4. The maximum atomic E-state index is 12.0. The molecule has 0 aromatic heterocycles. The van der Waals surface area contributed by atoms with E-state index in [9.17, 15) is 26.4 Å². The Labute approximate surface area is 132 Å². The van der Waals surface area contributed by atoms with Gasteiger partial charge >= 0.3 is 12.1 Å². The molecule has 9 heteroatoms. The maximum absolute atomic E-state index is 12.0. The summed E-state index contributed by atoms with van der Waals surface area (Å²) in [7, 11) is -3.61. The first-order valence-corrected chi connectivity index (χ1v) is 8.26. The minimum Gasteiger partial charge on any atom is -0.345 e. The number of nitrogens with one attached hydrogen (secondary N) is 2. The molecule has 23 heavy (non-hydrogen) atoms. The van der Waals surface area contributed by atoms with Gasteiger partial charge in [-0.25, -0.2) is 13.1 Å². The summed E-state index contributed by atoms with van der Waals surface area (Å²) in [5, 5.41) is 1.68. The van der Waals surface area contributed by atoms with E-state index in [0.717, 1.165) is 0 Å². The standard InChI is InChI=1S/C14H17F3N2O3S/c1-2-8-19-23(21,22)12-7-3-5-11(10-12)6-4-9-18-13(20)14(15,16)17/h3-7,10,19H,2,8-9H2,1H3,(H,18,20). The van der Waals surface area contributed by atoms with Crippen molar-refractivity contribution in [2.75, 3.05) is 13.1 Å². The van der Waals surface area contributed by atoms with Gasteiger partial charge in [-0.2, -0.15) is 13.2 Å². The molecule has 0 aliphatic heterocycles. The van der Waals surface area contributed by atoms with E-state index in [1.165, 1.54) is 30.4 Å². The van der Waals surface area contributed by atoms with Crippen molar-refractivity contribution in [3.63, 3.8) is 0 Å². The van der Waals surface area contributed by atoms with Crippen molar-refractivity contribution in [2.45, 2.75) is 24.4 Å². The summed E-state index contributed by atoms with van der Waals surface area (Å²) < 4.78 is 62.3. The largest absolute Gasteiger partial charge is 0.471 e. The molecule has 1 aromatic rings. The van der Waals surface area contributed by atoms with Gasteiger partial charge < -0.3 is 5.32 Å². The second-order valence-corrected chi connectivity index (χ2v) is 6.35. The number of halogens is 3. The van der Waals surface area contributed by atoms with E-state index >= 15 is 0 Å². The molecular formula is C14H17F3N2O3S. The molecule has 0 bridgehead atoms. The van der Waals surface area contributed by atoms with Gasteiger partial charge in [0.25, 0.3) is 0 Å². The Morgan fingerprint density at radius 1 is 1.30 bits per heavy atom. The van der Waals surface area contributed by atoms with E-state index in [0.29, 0.717) is 18.5 Å². The van der Waals surface area contributed by atoms with Crippen molar-refractivity contribution in [2.24, 2.45) is 0 Å². The summed E-state index contributed by atoms with van der Waals surface area (Å²) in [6.45, 7) is 1.83. The predicted octanol–water partition coefficient (Wildman–Crippen LogP) is 2.07. The Bertz CT molecular complexity index is 670. The molecular weight excluding hydrogens is 333 g/mol. The van der Waals surface area contributed by atoms with E-state index in [-0.39, 0.29) is 11.4 Å². The van der Waals surface area contributed by atoms with Crippen LogP contribution in [0.5, 0.6) is 0 Å². The Kier molecular flexibility index (Phi) is 6.77. The summed E-state index contributed by atoms with van der Waals surface area (Å²) in [6.07, 6.45) is -1.55. The molecule has 0 fully saturated rings. The zero-order valence-corrected chi connectivity index (χ0v) is 13.2. The van der Waals surface area contributed by atoms with E-state index in [4.69, 9.17) is 0 Å². The third kappa shape index (κ3) is 6.41. The summed E-state index contributed by atoms with van der Waals surface area (Å²) in [5.74, 6) is -2.03. The van der Waals surface area contributed by atoms with Crippen LogP contribution in [-0.2, 0) is 14.8 Å². The van der Waals surface area contributed by atoms with Crippen LogP contribution in [0.3, 0.4) is 0 Å². The highest BCUT2D eigenvalue weighted by Crippen LogP contribution is 2.14. The molecule has 0 spiro atoms. The van der Waals surface area contributed by atoms with Crippen molar-refractivity contribution in [1.29, 1.82) is 0 Å². The summed E-state index contributed by atoms with van der Waals surface area (Å²) >= 11 is 0. The van der Waals surface area contributed by atoms with Crippen LogP contribution in [0.15, 0.2) is 35.2 Å². The summed E-state index contributed by atoms with van der Waals surface area (Å²) in [5.41, 5.74) is 0.491. The van der Waals surface area contributed by atoms with Crippen LogP contribution in [0, 0.1) is 0 Å². The van der Waals surface area contributed by atoms with Gasteiger partial charge in [-0.3, -0.25) is 4.79 Å². The van der Waals surface area contributed by atoms with Crippen LogP contribution in [0.2, 0.25) is 0 Å². The Hall–Kier alpha value is -1.87. The molecule has 0 radical (unpaired) electrons. The van der Waals surface area contributed by atoms with Gasteiger partial charge in [0.2, 0.25) is 10.0 Å². The smallest absolute Gasteiger partial charge is 0.345 e. The molecule has 1 aromatic carbocycles. The van der Waals surface area contributed by atoms with Crippen molar-refractivity contribution in [1.82, 2.24) is 10.0 Å². The second-order valence-electron chi connectivity index (χ2n) is 4.58. The van der Waals surface area contributed by atoms with E-state index in [1.54, 1.807) is 11.4 Å². The average Bonchev–Trinajstić information content (AvgIpc) is 2.48. The third-order valence-corrected chi connectivity index (χ3v) is 4.12. The first kappa shape index (κ1) is 19.2. The lowest BCUT2D eigenvalue weighted by molar-refractivity contribution is -0.173. The van der Waals surface area contributed by atoms with Crippen LogP contribution in [-0.4, -0.2) is 33.6 Å². The zero-order chi connectivity index (χ0) is 17.5. The number of hydrogen-bond donors (Lipinski definition) is 2. The average molecular weight is 350 g/mol. The van der Waals surface area contributed by atoms with Crippen LogP contribution in [0.25, 0.3) is 6.08 Å². The fraction of sp³-hybridized carbons (Fsp3) is 0.357. The number of sulfonamides is 1. The van der Waals surface area contributed by atoms with Crippen molar-refractivity contribution in [3.05, 3.63) is 35.9 Å². The number of hydrogen-bond acceptors (Lipinski definition) is 3. The first-order valence-electron chi connectivity index (χ1n) is 6.78. The monoisotopic (exact) mass is 350 g/mol. The van der Waals surface area contributed by atoms with E-state index < -0.39 is 22.1 Å². The van der Waals surface area contributed by atoms with Crippen molar-refractivity contribution >= 4 is 22.0 Å². The number of alkyl halides is 3. The molecule has 1 amide bonds. The van der Waals surface area contributed by atoms with Crippen LogP contribution in [0.4, 0.5) is 13.2 Å². The highest BCUT2D eigenvalue weighted by molar-refractivity contribution is 7.89. The van der Waals surface area contributed by atoms with Gasteiger partial charge in [-0.15, -0.1) is 0 Å². The predicted molar refractivity (Wildman–Crippen MR) is 80.0 cm³/mol. The topological polar surface area (TPSA) is 75.3 Å². The summed E-state index contributed by atoms with van der Waals surface area (Å²) in [4.78, 5) is 10.7. The van der Waals surface area contributed by atoms with E-state index in [2.05, 4.69) is 4.72 Å². The molecule has 0 aliphatic carbocycles. The lowest BCUT2D eigenvalue weighted by atomic mass is 10.2. The number of rotatable bonds is 7. The molecule has 5 nitrogen and oxygen atoms in total. The van der Waals surface area contributed by atoms with Crippen molar-refractivity contribution in [3.8, 4) is 0 Å². The van der Waals surface area contributed by atoms with Gasteiger partial charge in [0.1, 0.15) is 0 Å². The van der Waals surface area contributed by atoms with Gasteiger partial charge in [0.05, 0.1) is 4.90 Å². The molecule has 0 saturated heterocycles. The van der Waals surface area contributed by atoms with Crippen LogP contribution in [0.1, 0.15) is 18.9 Å². The van der Waals surface area contributed by atoms with Gasteiger partial charge in [0, 0.05) is 13.1 Å². The molecule has 0 atom stereocenters. The summed E-state index contributed by atoms with van der Waals surface area (Å²) in [6, 6.07) is 5.93. The highest BCUT2D eigenvalue weighted by Gasteiger charge is 2.37. The molecule has 128 valence electrons. The Balaban J connectivity index is 2.71. The van der Waals surface area contributed by atoms with Gasteiger partial charge in [0.15, 0.2) is 0 Å². The molecule has 0 aliphatic rings. The van der Waals surface area contributed by atoms with Crippen LogP contribution < -0.4 is 10.0 Å². The number of benzene rings is 1. The Morgan fingerprint density at radius 3 is 2.61 bits per heavy atom. The molecule has 1 rings (SSSR count). The first-order chi connectivity index (χ1) is 10.7.